The zero-order chi connectivity index (χ0) is 28.5. The third kappa shape index (κ3) is 4.22. The van der Waals surface area contributed by atoms with E-state index in [4.69, 9.17) is 23.4 Å². The fourth-order valence-corrected chi connectivity index (χ4v) is 5.42. The van der Waals surface area contributed by atoms with E-state index in [1.54, 1.807) is 12.1 Å². The van der Waals surface area contributed by atoms with Gasteiger partial charge in [-0.3, -0.25) is 4.79 Å². The normalized spacial score (nSPS) is 35.2. The van der Waals surface area contributed by atoms with E-state index in [1.807, 2.05) is 0 Å². The van der Waals surface area contributed by atoms with Crippen molar-refractivity contribution in [1.82, 2.24) is 0 Å². The molecule has 1 unspecified atom stereocenters. The van der Waals surface area contributed by atoms with Crippen LogP contribution in [-0.2, 0) is 9.47 Å². The summed E-state index contributed by atoms with van der Waals surface area (Å²) >= 11 is 0. The maximum absolute atomic E-state index is 13.1. The van der Waals surface area contributed by atoms with Crippen LogP contribution in [0.25, 0.3) is 22.3 Å². The van der Waals surface area contributed by atoms with Crippen molar-refractivity contribution in [2.75, 3.05) is 6.61 Å². The average Bonchev–Trinajstić information content (AvgIpc) is 2.91. The van der Waals surface area contributed by atoms with Crippen LogP contribution < -0.4 is 14.9 Å². The average molecular weight is 561 g/mol. The third-order valence-electron chi connectivity index (χ3n) is 7.59. The van der Waals surface area contributed by atoms with Crippen molar-refractivity contribution in [3.05, 3.63) is 52.2 Å². The quantitative estimate of drug-likeness (QED) is 0.218. The van der Waals surface area contributed by atoms with Crippen LogP contribution in [-0.4, -0.2) is 91.1 Å². The first kappa shape index (κ1) is 26.9. The molecule has 3 aliphatic heterocycles. The summed E-state index contributed by atoms with van der Waals surface area (Å²) in [5.74, 6) is -1.45. The molecular formula is C27H28O13. The van der Waals surface area contributed by atoms with Gasteiger partial charge in [-0.05, 0) is 24.3 Å². The number of fused-ring (bicyclic) bond motifs is 6. The van der Waals surface area contributed by atoms with E-state index in [0.717, 1.165) is 0 Å². The van der Waals surface area contributed by atoms with E-state index in [2.05, 4.69) is 0 Å². The van der Waals surface area contributed by atoms with E-state index in [-0.39, 0.29) is 40.4 Å². The second-order valence-electron chi connectivity index (χ2n) is 10.3. The van der Waals surface area contributed by atoms with Gasteiger partial charge >= 0.3 is 0 Å². The van der Waals surface area contributed by atoms with E-state index < -0.39 is 66.8 Å². The standard InChI is InChI=1S/C27H28O13/c1-27-25(35)14(31)8-17(40-27)20-16(39-27)7-13(30)19-12(29)6-15(37-24(19)20)10-2-4-11(5-3-10)36-26-23(34)22(33)21(32)18(9-28)38-26/h2-7,14,17-18,21-23,25-26,28,30-35H,8-9H2,1H3/t14-,17-,18+,21+,22-,23+,25-,26+,27?/m0/s1. The molecule has 1 aromatic heterocycles. The summed E-state index contributed by atoms with van der Waals surface area (Å²) in [7, 11) is 0. The summed E-state index contributed by atoms with van der Waals surface area (Å²) in [5.41, 5.74) is 0.231. The van der Waals surface area contributed by atoms with Crippen LogP contribution >= 0.6 is 0 Å². The van der Waals surface area contributed by atoms with Crippen LogP contribution in [0.2, 0.25) is 0 Å². The molecule has 2 saturated heterocycles. The molecule has 0 amide bonds. The van der Waals surface area contributed by atoms with Crippen LogP contribution in [0.5, 0.6) is 17.2 Å². The van der Waals surface area contributed by atoms with Crippen molar-refractivity contribution in [3.63, 3.8) is 0 Å². The summed E-state index contributed by atoms with van der Waals surface area (Å²) < 4.78 is 28.8. The van der Waals surface area contributed by atoms with Gasteiger partial charge in [-0.25, -0.2) is 0 Å². The largest absolute Gasteiger partial charge is 0.507 e. The van der Waals surface area contributed by atoms with Crippen LogP contribution in [0.3, 0.4) is 0 Å². The van der Waals surface area contributed by atoms with Gasteiger partial charge in [0.25, 0.3) is 0 Å². The molecule has 214 valence electrons. The van der Waals surface area contributed by atoms with Crippen LogP contribution in [0.15, 0.2) is 45.6 Å². The van der Waals surface area contributed by atoms with Gasteiger partial charge in [0.2, 0.25) is 12.1 Å². The monoisotopic (exact) mass is 560 g/mol. The van der Waals surface area contributed by atoms with Gasteiger partial charge in [-0.1, -0.05) is 0 Å². The SMILES string of the molecule is CC12Oc3cc(O)c4c(=O)cc(-c5ccc(O[C@@H]6O[C@H](CO)[C@@H](O)[C@H](O)[C@H]6O)cc5)oc4c3[C@H](C[C@H](O)[C@@H]1O)O2. The second kappa shape index (κ2) is 9.68. The zero-order valence-electron chi connectivity index (χ0n) is 21.1. The Morgan fingerprint density at radius 1 is 1.02 bits per heavy atom. The van der Waals surface area contributed by atoms with Gasteiger partial charge < -0.3 is 59.1 Å². The Kier molecular flexibility index (Phi) is 6.52. The Bertz CT molecular complexity index is 1480. The van der Waals surface area contributed by atoms with Crippen molar-refractivity contribution >= 4 is 11.0 Å². The maximum Gasteiger partial charge on any atom is 0.237 e. The molecule has 3 aliphatic rings. The molecule has 7 N–H and O–H groups in total. The summed E-state index contributed by atoms with van der Waals surface area (Å²) in [6, 6.07) is 8.57. The van der Waals surface area contributed by atoms with Gasteiger partial charge in [0, 0.05) is 31.0 Å². The van der Waals surface area contributed by atoms with E-state index in [1.165, 1.54) is 31.2 Å². The molecule has 0 saturated carbocycles. The number of hydrogen-bond donors (Lipinski definition) is 7. The molecule has 0 radical (unpaired) electrons. The van der Waals surface area contributed by atoms with E-state index in [9.17, 15) is 40.5 Å². The molecule has 2 aromatic carbocycles. The molecule has 4 heterocycles. The minimum absolute atomic E-state index is 0.00488. The fourth-order valence-electron chi connectivity index (χ4n) is 5.42. The number of aromatic hydroxyl groups is 1. The summed E-state index contributed by atoms with van der Waals surface area (Å²) in [5, 5.41) is 70.8. The molecule has 0 aliphatic carbocycles. The minimum atomic E-state index is -1.59. The molecule has 3 aromatic rings. The number of aliphatic hydroxyl groups is 6. The van der Waals surface area contributed by atoms with Gasteiger partial charge in [-0.2, -0.15) is 0 Å². The van der Waals surface area contributed by atoms with Gasteiger partial charge in [0.15, 0.2) is 11.0 Å². The van der Waals surface area contributed by atoms with Crippen LogP contribution in [0, 0.1) is 0 Å². The first-order chi connectivity index (χ1) is 19.0. The zero-order valence-corrected chi connectivity index (χ0v) is 21.1. The molecule has 40 heavy (non-hydrogen) atoms. The van der Waals surface area contributed by atoms with Crippen molar-refractivity contribution in [2.45, 2.75) is 68.1 Å². The Labute approximate surface area is 226 Å². The van der Waals surface area contributed by atoms with Crippen LogP contribution in [0.4, 0.5) is 0 Å². The van der Waals surface area contributed by atoms with E-state index >= 15 is 0 Å². The lowest BCUT2D eigenvalue weighted by atomic mass is 9.88. The minimum Gasteiger partial charge on any atom is -0.507 e. The number of phenols is 1. The summed E-state index contributed by atoms with van der Waals surface area (Å²) in [4.78, 5) is 13.1. The topological polar surface area (TPSA) is 209 Å². The molecule has 6 rings (SSSR count). The lowest BCUT2D eigenvalue weighted by Gasteiger charge is -2.48. The number of rotatable bonds is 4. The highest BCUT2D eigenvalue weighted by Gasteiger charge is 2.53. The molecule has 2 fully saturated rings. The molecular weight excluding hydrogens is 532 g/mol. The highest BCUT2D eigenvalue weighted by atomic mass is 16.7. The molecule has 9 atom stereocenters. The second-order valence-corrected chi connectivity index (χ2v) is 10.3. The van der Waals surface area contributed by atoms with Crippen molar-refractivity contribution in [1.29, 1.82) is 0 Å². The number of ether oxygens (including phenoxy) is 4. The molecule has 2 bridgehead atoms. The third-order valence-corrected chi connectivity index (χ3v) is 7.59. The molecule has 13 heteroatoms. The lowest BCUT2D eigenvalue weighted by molar-refractivity contribution is -0.312. The first-order valence-electron chi connectivity index (χ1n) is 12.6. The Morgan fingerprint density at radius 3 is 2.45 bits per heavy atom. The molecule has 0 spiro atoms. The lowest BCUT2D eigenvalue weighted by Crippen LogP contribution is -2.60. The fraction of sp³-hybridized carbons (Fsp3) is 0.444. The van der Waals surface area contributed by atoms with Crippen molar-refractivity contribution in [2.24, 2.45) is 0 Å². The number of aliphatic hydroxyl groups excluding tert-OH is 6. The van der Waals surface area contributed by atoms with Gasteiger partial charge in [-0.15, -0.1) is 0 Å². The van der Waals surface area contributed by atoms with Crippen molar-refractivity contribution in [3.8, 4) is 28.6 Å². The Hall–Kier alpha value is -3.27. The Morgan fingerprint density at radius 2 is 1.75 bits per heavy atom. The van der Waals surface area contributed by atoms with E-state index in [0.29, 0.717) is 11.1 Å². The Balaban J connectivity index is 1.34. The molecule has 13 nitrogen and oxygen atoms in total. The van der Waals surface area contributed by atoms with Crippen LogP contribution in [0.1, 0.15) is 25.0 Å². The maximum atomic E-state index is 13.1. The number of hydrogen-bond acceptors (Lipinski definition) is 13. The van der Waals surface area contributed by atoms with Gasteiger partial charge in [0.05, 0.1) is 24.4 Å². The number of benzene rings is 2. The van der Waals surface area contributed by atoms with Crippen molar-refractivity contribution < 1.29 is 59.1 Å². The predicted molar refractivity (Wildman–Crippen MR) is 133 cm³/mol. The highest BCUT2D eigenvalue weighted by molar-refractivity contribution is 5.90. The summed E-state index contributed by atoms with van der Waals surface area (Å²) in [6.07, 6.45) is -10.5. The first-order valence-corrected chi connectivity index (χ1v) is 12.6. The smallest absolute Gasteiger partial charge is 0.237 e. The highest BCUT2D eigenvalue weighted by Crippen LogP contribution is 2.51. The summed E-state index contributed by atoms with van der Waals surface area (Å²) in [6.45, 7) is 0.872. The number of phenolic OH excluding ortho intramolecular Hbond substituents is 1. The van der Waals surface area contributed by atoms with Gasteiger partial charge in [0.1, 0.15) is 58.9 Å². The predicted octanol–water partition coefficient (Wildman–Crippen LogP) is -0.364.